The van der Waals surface area contributed by atoms with Crippen LogP contribution < -0.4 is 0 Å². The minimum Gasteiger partial charge on any atom is -0.0864 e. The first-order valence-electron chi connectivity index (χ1n) is 4.89. The molecule has 2 rings (SSSR count). The number of hydrogen-bond donors (Lipinski definition) is 0. The topological polar surface area (TPSA) is 0 Å². The predicted molar refractivity (Wildman–Crippen MR) is 57.0 cm³/mol. The molecular formula is C10H17I. The molecule has 0 spiro atoms. The van der Waals surface area contributed by atoms with Crippen LogP contribution >= 0.6 is 22.6 Å². The predicted octanol–water partition coefficient (Wildman–Crippen LogP) is 3.49. The Morgan fingerprint density at radius 2 is 2.27 bits per heavy atom. The minimum atomic E-state index is 1.02. The molecule has 2 aliphatic carbocycles. The molecule has 11 heavy (non-hydrogen) atoms. The van der Waals surface area contributed by atoms with Crippen molar-refractivity contribution in [3.05, 3.63) is 0 Å². The van der Waals surface area contributed by atoms with Crippen molar-refractivity contribution in [2.75, 3.05) is 4.43 Å². The normalized spacial score (nSPS) is 43.6. The van der Waals surface area contributed by atoms with E-state index in [2.05, 4.69) is 29.5 Å². The molecule has 4 atom stereocenters. The summed E-state index contributed by atoms with van der Waals surface area (Å²) in [4.78, 5) is 0. The fraction of sp³-hybridized carbons (Fsp3) is 1.00. The second-order valence-electron chi connectivity index (χ2n) is 4.36. The molecule has 0 aromatic carbocycles. The Morgan fingerprint density at radius 3 is 2.73 bits per heavy atom. The third kappa shape index (κ3) is 1.58. The lowest BCUT2D eigenvalue weighted by molar-refractivity contribution is 0.323. The van der Waals surface area contributed by atoms with E-state index in [-0.39, 0.29) is 0 Å². The lowest BCUT2D eigenvalue weighted by Crippen LogP contribution is -2.11. The summed E-state index contributed by atoms with van der Waals surface area (Å²) in [5.41, 5.74) is 0. The van der Waals surface area contributed by atoms with Crippen molar-refractivity contribution >= 4 is 22.6 Å². The van der Waals surface area contributed by atoms with Crippen molar-refractivity contribution in [1.29, 1.82) is 0 Å². The highest BCUT2D eigenvalue weighted by atomic mass is 127. The molecule has 0 aromatic rings. The van der Waals surface area contributed by atoms with Crippen LogP contribution in [0.1, 0.15) is 32.6 Å². The summed E-state index contributed by atoms with van der Waals surface area (Å²) >= 11 is 2.51. The molecular weight excluding hydrogens is 247 g/mol. The molecule has 0 N–H and O–H groups in total. The van der Waals surface area contributed by atoms with Crippen LogP contribution in [-0.2, 0) is 0 Å². The monoisotopic (exact) mass is 264 g/mol. The summed E-state index contributed by atoms with van der Waals surface area (Å²) in [7, 11) is 0. The van der Waals surface area contributed by atoms with Gasteiger partial charge >= 0.3 is 0 Å². The van der Waals surface area contributed by atoms with Crippen molar-refractivity contribution in [2.45, 2.75) is 32.6 Å². The maximum atomic E-state index is 2.51. The molecule has 0 saturated heterocycles. The van der Waals surface area contributed by atoms with Gasteiger partial charge in [-0.1, -0.05) is 29.5 Å². The summed E-state index contributed by atoms with van der Waals surface area (Å²) in [6.07, 6.45) is 6.14. The first-order valence-corrected chi connectivity index (χ1v) is 6.41. The van der Waals surface area contributed by atoms with E-state index in [9.17, 15) is 0 Å². The maximum Gasteiger partial charge on any atom is -0.000209 e. The Labute approximate surface area is 83.3 Å². The molecule has 1 heteroatoms. The van der Waals surface area contributed by atoms with Crippen LogP contribution in [-0.4, -0.2) is 4.43 Å². The summed E-state index contributed by atoms with van der Waals surface area (Å²) in [5, 5.41) is 0. The van der Waals surface area contributed by atoms with Gasteiger partial charge in [0.2, 0.25) is 0 Å². The zero-order valence-electron chi connectivity index (χ0n) is 7.22. The highest BCUT2D eigenvalue weighted by Crippen LogP contribution is 2.57. The van der Waals surface area contributed by atoms with Crippen LogP contribution in [0.15, 0.2) is 0 Å². The van der Waals surface area contributed by atoms with Gasteiger partial charge in [0.15, 0.2) is 0 Å². The van der Waals surface area contributed by atoms with E-state index < -0.39 is 0 Å². The minimum absolute atomic E-state index is 1.02. The smallest absolute Gasteiger partial charge is 0.000209 e. The van der Waals surface area contributed by atoms with Crippen molar-refractivity contribution < 1.29 is 0 Å². The first kappa shape index (κ1) is 8.33. The largest absolute Gasteiger partial charge is 0.0864 e. The zero-order chi connectivity index (χ0) is 7.84. The van der Waals surface area contributed by atoms with E-state index in [4.69, 9.17) is 0 Å². The number of hydrogen-bond acceptors (Lipinski definition) is 0. The third-order valence-electron chi connectivity index (χ3n) is 3.69. The highest BCUT2D eigenvalue weighted by Gasteiger charge is 2.49. The third-order valence-corrected chi connectivity index (χ3v) is 4.32. The fourth-order valence-electron chi connectivity index (χ4n) is 2.84. The van der Waals surface area contributed by atoms with Crippen LogP contribution in [0.25, 0.3) is 0 Å². The van der Waals surface area contributed by atoms with E-state index in [1.54, 1.807) is 19.3 Å². The van der Waals surface area contributed by atoms with Gasteiger partial charge in [0, 0.05) is 0 Å². The van der Waals surface area contributed by atoms with E-state index in [1.165, 1.54) is 22.7 Å². The molecule has 0 radical (unpaired) electrons. The summed E-state index contributed by atoms with van der Waals surface area (Å²) in [6.45, 7) is 2.46. The van der Waals surface area contributed by atoms with Crippen LogP contribution in [0.5, 0.6) is 0 Å². The van der Waals surface area contributed by atoms with E-state index in [0.717, 1.165) is 11.8 Å². The number of halogens is 1. The number of rotatable bonds is 3. The molecule has 0 bridgehead atoms. The van der Waals surface area contributed by atoms with Crippen molar-refractivity contribution in [3.63, 3.8) is 0 Å². The second kappa shape index (κ2) is 3.23. The SMILES string of the molecule is CC(CCI)C1CCC2CC21. The molecule has 2 aliphatic rings. The van der Waals surface area contributed by atoms with Crippen LogP contribution in [0, 0.1) is 23.7 Å². The van der Waals surface area contributed by atoms with Crippen LogP contribution in [0.2, 0.25) is 0 Å². The second-order valence-corrected chi connectivity index (χ2v) is 5.43. The molecule has 4 unspecified atom stereocenters. The van der Waals surface area contributed by atoms with Gasteiger partial charge in [-0.25, -0.2) is 0 Å². The van der Waals surface area contributed by atoms with E-state index in [0.29, 0.717) is 0 Å². The van der Waals surface area contributed by atoms with Gasteiger partial charge in [-0.15, -0.1) is 0 Å². The van der Waals surface area contributed by atoms with Gasteiger partial charge < -0.3 is 0 Å². The number of alkyl halides is 1. The van der Waals surface area contributed by atoms with E-state index >= 15 is 0 Å². The Kier molecular flexibility index (Phi) is 2.45. The molecule has 0 aromatic heterocycles. The molecule has 0 heterocycles. The Bertz CT molecular complexity index is 144. The first-order chi connectivity index (χ1) is 5.33. The van der Waals surface area contributed by atoms with Gasteiger partial charge in [0.05, 0.1) is 0 Å². The van der Waals surface area contributed by atoms with Gasteiger partial charge in [-0.05, 0) is 53.8 Å². The van der Waals surface area contributed by atoms with Crippen LogP contribution in [0.4, 0.5) is 0 Å². The summed E-state index contributed by atoms with van der Waals surface area (Å²) in [5.74, 6) is 4.49. The lowest BCUT2D eigenvalue weighted by atomic mass is 9.88. The number of fused-ring (bicyclic) bond motifs is 1. The molecule has 2 fully saturated rings. The lowest BCUT2D eigenvalue weighted by Gasteiger charge is -2.19. The average molecular weight is 264 g/mol. The fourth-order valence-corrected chi connectivity index (χ4v) is 3.82. The average Bonchev–Trinajstić information content (AvgIpc) is 2.63. The quantitative estimate of drug-likeness (QED) is 0.540. The summed E-state index contributed by atoms with van der Waals surface area (Å²) in [6, 6.07) is 0. The molecule has 0 nitrogen and oxygen atoms in total. The van der Waals surface area contributed by atoms with Crippen molar-refractivity contribution in [1.82, 2.24) is 0 Å². The summed E-state index contributed by atoms with van der Waals surface area (Å²) < 4.78 is 1.35. The van der Waals surface area contributed by atoms with Crippen molar-refractivity contribution in [2.24, 2.45) is 23.7 Å². The Balaban J connectivity index is 1.84. The Morgan fingerprint density at radius 1 is 1.45 bits per heavy atom. The van der Waals surface area contributed by atoms with Gasteiger partial charge in [-0.3, -0.25) is 0 Å². The highest BCUT2D eigenvalue weighted by molar-refractivity contribution is 14.1. The Hall–Kier alpha value is 0.730. The standard InChI is InChI=1S/C10H17I/c1-7(4-5-11)9-3-2-8-6-10(8)9/h7-10H,2-6H2,1H3. The zero-order valence-corrected chi connectivity index (χ0v) is 9.38. The molecule has 0 aliphatic heterocycles. The molecule has 2 saturated carbocycles. The van der Waals surface area contributed by atoms with Gasteiger partial charge in [0.25, 0.3) is 0 Å². The van der Waals surface area contributed by atoms with Gasteiger partial charge in [-0.2, -0.15) is 0 Å². The van der Waals surface area contributed by atoms with Crippen molar-refractivity contribution in [3.8, 4) is 0 Å². The maximum absolute atomic E-state index is 2.51. The van der Waals surface area contributed by atoms with Crippen LogP contribution in [0.3, 0.4) is 0 Å². The molecule has 64 valence electrons. The van der Waals surface area contributed by atoms with Gasteiger partial charge in [0.1, 0.15) is 0 Å². The molecule has 0 amide bonds. The van der Waals surface area contributed by atoms with E-state index in [1.807, 2.05) is 0 Å².